The molecule has 0 bridgehead atoms. The highest BCUT2D eigenvalue weighted by Crippen LogP contribution is 2.08. The lowest BCUT2D eigenvalue weighted by Crippen LogP contribution is -2.05. The molecule has 0 spiro atoms. The topological polar surface area (TPSA) is 52.6 Å². The fourth-order valence-electron chi connectivity index (χ4n) is 1.38. The van der Waals surface area contributed by atoms with Crippen molar-refractivity contribution in [3.05, 3.63) is 47.7 Å². The average Bonchev–Trinajstić information content (AvgIpc) is 2.39. The van der Waals surface area contributed by atoms with Crippen LogP contribution < -0.4 is 0 Å². The van der Waals surface area contributed by atoms with Crippen LogP contribution in [0, 0.1) is 6.92 Å². The van der Waals surface area contributed by atoms with Gasteiger partial charge in [-0.2, -0.15) is 0 Å². The zero-order chi connectivity index (χ0) is 14.1. The van der Waals surface area contributed by atoms with Crippen molar-refractivity contribution in [2.45, 2.75) is 26.7 Å². The van der Waals surface area contributed by atoms with Crippen molar-refractivity contribution in [2.24, 2.45) is 0 Å². The Labute approximate surface area is 113 Å². The summed E-state index contributed by atoms with van der Waals surface area (Å²) in [5, 5.41) is 0. The predicted octanol–water partition coefficient (Wildman–Crippen LogP) is 3.01. The first-order chi connectivity index (χ1) is 9.15. The summed E-state index contributed by atoms with van der Waals surface area (Å²) in [5.74, 6) is -0.998. The molecule has 4 heteroatoms. The zero-order valence-corrected chi connectivity index (χ0v) is 11.2. The summed E-state index contributed by atoms with van der Waals surface area (Å²) >= 11 is 0. The number of hydrogen-bond acceptors (Lipinski definition) is 4. The highest BCUT2D eigenvalue weighted by Gasteiger charge is 2.08. The van der Waals surface area contributed by atoms with Crippen LogP contribution >= 0.6 is 0 Å². The normalized spacial score (nSPS) is 10.4. The molecule has 0 amide bonds. The second-order valence-electron chi connectivity index (χ2n) is 4.04. The largest absolute Gasteiger partial charge is 0.462 e. The number of aryl methyl sites for hydroxylation is 1. The number of ether oxygens (including phenoxy) is 2. The number of unbranched alkanes of at least 4 members (excludes halogenated alkanes) is 1. The summed E-state index contributed by atoms with van der Waals surface area (Å²) in [5.41, 5.74) is 1.30. The Morgan fingerprint density at radius 2 is 2.00 bits per heavy atom. The van der Waals surface area contributed by atoms with E-state index in [1.165, 1.54) is 0 Å². The molecule has 102 valence electrons. The van der Waals surface area contributed by atoms with E-state index in [4.69, 9.17) is 9.47 Å². The summed E-state index contributed by atoms with van der Waals surface area (Å²) in [6, 6.07) is 7.09. The van der Waals surface area contributed by atoms with Gasteiger partial charge in [-0.15, -0.1) is 0 Å². The van der Waals surface area contributed by atoms with Crippen molar-refractivity contribution in [1.29, 1.82) is 0 Å². The van der Waals surface area contributed by atoms with Gasteiger partial charge >= 0.3 is 11.9 Å². The Morgan fingerprint density at radius 1 is 1.26 bits per heavy atom. The van der Waals surface area contributed by atoms with Gasteiger partial charge in [-0.3, -0.25) is 0 Å². The van der Waals surface area contributed by atoms with Crippen molar-refractivity contribution in [3.8, 4) is 0 Å². The van der Waals surface area contributed by atoms with Crippen molar-refractivity contribution in [2.75, 3.05) is 6.61 Å². The van der Waals surface area contributed by atoms with Gasteiger partial charge in [0.15, 0.2) is 0 Å². The number of benzene rings is 1. The lowest BCUT2D eigenvalue weighted by atomic mass is 10.1. The van der Waals surface area contributed by atoms with Crippen LogP contribution in [0.25, 0.3) is 0 Å². The van der Waals surface area contributed by atoms with E-state index >= 15 is 0 Å². The highest BCUT2D eigenvalue weighted by molar-refractivity contribution is 5.91. The van der Waals surface area contributed by atoms with Gasteiger partial charge in [-0.05, 0) is 25.0 Å². The first-order valence-corrected chi connectivity index (χ1v) is 6.25. The van der Waals surface area contributed by atoms with Crippen LogP contribution in [-0.2, 0) is 14.3 Å². The van der Waals surface area contributed by atoms with E-state index in [0.717, 1.165) is 30.7 Å². The molecular weight excluding hydrogens is 244 g/mol. The SMILES string of the molecule is CCCCOC(=O)/C=C/OC(=O)c1ccccc1C. The van der Waals surface area contributed by atoms with Crippen LogP contribution in [0.5, 0.6) is 0 Å². The first kappa shape index (κ1) is 15.0. The van der Waals surface area contributed by atoms with Crippen LogP contribution in [0.2, 0.25) is 0 Å². The van der Waals surface area contributed by atoms with Crippen LogP contribution in [0.15, 0.2) is 36.6 Å². The van der Waals surface area contributed by atoms with E-state index in [1.807, 2.05) is 26.0 Å². The molecule has 0 radical (unpaired) electrons. The molecule has 0 aliphatic heterocycles. The molecule has 0 aromatic heterocycles. The van der Waals surface area contributed by atoms with Gasteiger partial charge in [0.2, 0.25) is 0 Å². The molecule has 4 nitrogen and oxygen atoms in total. The fraction of sp³-hybridized carbons (Fsp3) is 0.333. The summed E-state index contributed by atoms with van der Waals surface area (Å²) < 4.78 is 9.74. The summed E-state index contributed by atoms with van der Waals surface area (Å²) in [4.78, 5) is 22.9. The quantitative estimate of drug-likeness (QED) is 0.342. The first-order valence-electron chi connectivity index (χ1n) is 6.25. The van der Waals surface area contributed by atoms with E-state index in [9.17, 15) is 9.59 Å². The second kappa shape index (κ2) is 8.08. The Balaban J connectivity index is 2.42. The molecule has 1 rings (SSSR count). The van der Waals surface area contributed by atoms with Crippen molar-refractivity contribution >= 4 is 11.9 Å². The summed E-state index contributed by atoms with van der Waals surface area (Å²) in [7, 11) is 0. The minimum Gasteiger partial charge on any atom is -0.462 e. The van der Waals surface area contributed by atoms with Crippen LogP contribution in [0.3, 0.4) is 0 Å². The van der Waals surface area contributed by atoms with Crippen LogP contribution in [0.4, 0.5) is 0 Å². The third-order valence-electron chi connectivity index (χ3n) is 2.49. The molecule has 1 aromatic rings. The van der Waals surface area contributed by atoms with Gasteiger partial charge in [0, 0.05) is 0 Å². The molecule has 0 unspecified atom stereocenters. The van der Waals surface area contributed by atoms with Gasteiger partial charge in [-0.25, -0.2) is 9.59 Å². The fourth-order valence-corrected chi connectivity index (χ4v) is 1.38. The summed E-state index contributed by atoms with van der Waals surface area (Å²) in [6.45, 7) is 4.21. The maximum absolute atomic E-state index is 11.7. The summed E-state index contributed by atoms with van der Waals surface area (Å²) in [6.07, 6.45) is 3.94. The number of carbonyl (C=O) groups excluding carboxylic acids is 2. The maximum Gasteiger partial charge on any atom is 0.343 e. The number of rotatable bonds is 6. The van der Waals surface area contributed by atoms with E-state index in [1.54, 1.807) is 12.1 Å². The van der Waals surface area contributed by atoms with E-state index in [-0.39, 0.29) is 0 Å². The molecule has 0 aliphatic rings. The Hall–Kier alpha value is -2.10. The molecule has 0 saturated carbocycles. The molecule has 0 aliphatic carbocycles. The van der Waals surface area contributed by atoms with Crippen molar-refractivity contribution in [3.63, 3.8) is 0 Å². The molecule has 0 heterocycles. The third-order valence-corrected chi connectivity index (χ3v) is 2.49. The molecule has 0 atom stereocenters. The Bertz CT molecular complexity index is 463. The van der Waals surface area contributed by atoms with Gasteiger partial charge < -0.3 is 9.47 Å². The van der Waals surface area contributed by atoms with Gasteiger partial charge in [0.05, 0.1) is 18.2 Å². The highest BCUT2D eigenvalue weighted by atomic mass is 16.5. The lowest BCUT2D eigenvalue weighted by molar-refractivity contribution is -0.137. The Kier molecular flexibility index (Phi) is 6.36. The van der Waals surface area contributed by atoms with Crippen molar-refractivity contribution in [1.82, 2.24) is 0 Å². The lowest BCUT2D eigenvalue weighted by Gasteiger charge is -2.02. The molecule has 0 N–H and O–H groups in total. The van der Waals surface area contributed by atoms with Gasteiger partial charge in [0.1, 0.15) is 6.26 Å². The van der Waals surface area contributed by atoms with Crippen molar-refractivity contribution < 1.29 is 19.1 Å². The Morgan fingerprint density at radius 3 is 2.68 bits per heavy atom. The monoisotopic (exact) mass is 262 g/mol. The third kappa shape index (κ3) is 5.38. The molecule has 0 fully saturated rings. The van der Waals surface area contributed by atoms with Gasteiger partial charge in [-0.1, -0.05) is 31.5 Å². The zero-order valence-electron chi connectivity index (χ0n) is 11.2. The minimum absolute atomic E-state index is 0.380. The number of esters is 2. The van der Waals surface area contributed by atoms with E-state index < -0.39 is 11.9 Å². The average molecular weight is 262 g/mol. The molecule has 1 aromatic carbocycles. The minimum atomic E-state index is -0.508. The maximum atomic E-state index is 11.7. The van der Waals surface area contributed by atoms with E-state index in [0.29, 0.717) is 12.2 Å². The smallest absolute Gasteiger partial charge is 0.343 e. The number of hydrogen-bond donors (Lipinski definition) is 0. The second-order valence-corrected chi connectivity index (χ2v) is 4.04. The van der Waals surface area contributed by atoms with Gasteiger partial charge in [0.25, 0.3) is 0 Å². The van der Waals surface area contributed by atoms with Crippen LogP contribution in [-0.4, -0.2) is 18.5 Å². The van der Waals surface area contributed by atoms with E-state index in [2.05, 4.69) is 0 Å². The standard InChI is InChI=1S/C15H18O4/c1-3-4-10-18-14(16)9-11-19-15(17)13-8-6-5-7-12(13)2/h5-9,11H,3-4,10H2,1-2H3/b11-9+. The number of carbonyl (C=O) groups is 2. The molecule has 0 saturated heterocycles. The molecule has 19 heavy (non-hydrogen) atoms. The van der Waals surface area contributed by atoms with Crippen LogP contribution in [0.1, 0.15) is 35.7 Å². The molecular formula is C15H18O4. The predicted molar refractivity (Wildman–Crippen MR) is 71.6 cm³/mol.